The molecular formula is C16H22N2S. The zero-order valence-corrected chi connectivity index (χ0v) is 12.3. The van der Waals surface area contributed by atoms with Gasteiger partial charge < -0.3 is 5.73 Å². The molecule has 2 atom stereocenters. The van der Waals surface area contributed by atoms with Gasteiger partial charge in [-0.25, -0.2) is 0 Å². The van der Waals surface area contributed by atoms with Crippen molar-refractivity contribution in [2.45, 2.75) is 25.3 Å². The molecule has 0 aliphatic carbocycles. The van der Waals surface area contributed by atoms with Crippen LogP contribution in [0, 0.1) is 5.92 Å². The average Bonchev–Trinajstić information content (AvgIpc) is 2.76. The lowest BCUT2D eigenvalue weighted by Gasteiger charge is -2.31. The SMILES string of the molecule is CN1CCCCC(CN)C1c1csc2ccccc12. The van der Waals surface area contributed by atoms with E-state index in [1.807, 2.05) is 11.3 Å². The van der Waals surface area contributed by atoms with Crippen molar-refractivity contribution in [3.63, 3.8) is 0 Å². The van der Waals surface area contributed by atoms with Crippen LogP contribution in [0.1, 0.15) is 30.9 Å². The Morgan fingerprint density at radius 2 is 2.16 bits per heavy atom. The van der Waals surface area contributed by atoms with Crippen LogP contribution in [0.15, 0.2) is 29.6 Å². The van der Waals surface area contributed by atoms with Gasteiger partial charge in [0.2, 0.25) is 0 Å². The number of likely N-dealkylation sites (tertiary alicyclic amines) is 1. The molecule has 1 aromatic heterocycles. The van der Waals surface area contributed by atoms with Gasteiger partial charge in [-0.2, -0.15) is 0 Å². The van der Waals surface area contributed by atoms with Crippen molar-refractivity contribution in [2.75, 3.05) is 20.1 Å². The molecule has 0 amide bonds. The lowest BCUT2D eigenvalue weighted by molar-refractivity contribution is 0.198. The van der Waals surface area contributed by atoms with Crippen LogP contribution in [0.2, 0.25) is 0 Å². The van der Waals surface area contributed by atoms with Gasteiger partial charge in [-0.1, -0.05) is 24.6 Å². The van der Waals surface area contributed by atoms with Crippen LogP contribution in [0.4, 0.5) is 0 Å². The molecule has 0 bridgehead atoms. The largest absolute Gasteiger partial charge is 0.330 e. The number of nitrogens with two attached hydrogens (primary N) is 1. The molecule has 0 saturated carbocycles. The van der Waals surface area contributed by atoms with Crippen molar-refractivity contribution in [1.29, 1.82) is 0 Å². The Hall–Kier alpha value is -0.900. The van der Waals surface area contributed by atoms with E-state index in [9.17, 15) is 0 Å². The van der Waals surface area contributed by atoms with Crippen LogP contribution < -0.4 is 5.73 Å². The normalized spacial score (nSPS) is 25.6. The van der Waals surface area contributed by atoms with Gasteiger partial charge in [-0.3, -0.25) is 4.90 Å². The summed E-state index contributed by atoms with van der Waals surface area (Å²) in [5.74, 6) is 0.588. The van der Waals surface area contributed by atoms with Crippen LogP contribution in [0.3, 0.4) is 0 Å². The minimum Gasteiger partial charge on any atom is -0.330 e. The number of benzene rings is 1. The second-order valence-corrected chi connectivity index (χ2v) is 6.52. The van der Waals surface area contributed by atoms with E-state index in [-0.39, 0.29) is 0 Å². The predicted octanol–water partition coefficient (Wildman–Crippen LogP) is 3.63. The third-order valence-corrected chi connectivity index (χ3v) is 5.37. The third kappa shape index (κ3) is 2.42. The summed E-state index contributed by atoms with van der Waals surface area (Å²) in [5, 5.41) is 3.77. The maximum absolute atomic E-state index is 6.05. The molecule has 2 aromatic rings. The van der Waals surface area contributed by atoms with Gasteiger partial charge in [0.25, 0.3) is 0 Å². The molecule has 2 nitrogen and oxygen atoms in total. The Kier molecular flexibility index (Phi) is 3.87. The summed E-state index contributed by atoms with van der Waals surface area (Å²) in [6, 6.07) is 9.24. The highest BCUT2D eigenvalue weighted by molar-refractivity contribution is 7.17. The second-order valence-electron chi connectivity index (χ2n) is 5.60. The number of nitrogens with zero attached hydrogens (tertiary/aromatic N) is 1. The minimum absolute atomic E-state index is 0.489. The summed E-state index contributed by atoms with van der Waals surface area (Å²) >= 11 is 1.86. The molecule has 1 fully saturated rings. The van der Waals surface area contributed by atoms with Gasteiger partial charge in [0.1, 0.15) is 0 Å². The maximum atomic E-state index is 6.05. The van der Waals surface area contributed by atoms with Crippen LogP contribution in [0.25, 0.3) is 10.1 Å². The molecule has 19 heavy (non-hydrogen) atoms. The zero-order chi connectivity index (χ0) is 13.2. The van der Waals surface area contributed by atoms with Crippen LogP contribution in [-0.2, 0) is 0 Å². The average molecular weight is 274 g/mol. The monoisotopic (exact) mass is 274 g/mol. The van der Waals surface area contributed by atoms with E-state index in [2.05, 4.69) is 41.6 Å². The Balaban J connectivity index is 2.05. The van der Waals surface area contributed by atoms with Crippen LogP contribution in [0.5, 0.6) is 0 Å². The summed E-state index contributed by atoms with van der Waals surface area (Å²) < 4.78 is 1.39. The molecule has 2 N–H and O–H groups in total. The molecule has 1 saturated heterocycles. The molecule has 1 aliphatic heterocycles. The Bertz CT molecular complexity index is 548. The van der Waals surface area contributed by atoms with E-state index in [4.69, 9.17) is 5.73 Å². The third-order valence-electron chi connectivity index (χ3n) is 4.39. The second kappa shape index (κ2) is 5.61. The van der Waals surface area contributed by atoms with Crippen LogP contribution >= 0.6 is 11.3 Å². The molecule has 0 spiro atoms. The molecule has 0 radical (unpaired) electrons. The van der Waals surface area contributed by atoms with Crippen molar-refractivity contribution in [3.05, 3.63) is 35.2 Å². The Morgan fingerprint density at radius 3 is 3.00 bits per heavy atom. The van der Waals surface area contributed by atoms with E-state index < -0.39 is 0 Å². The minimum atomic E-state index is 0.489. The van der Waals surface area contributed by atoms with Crippen molar-refractivity contribution in [2.24, 2.45) is 11.7 Å². The summed E-state index contributed by atoms with van der Waals surface area (Å²) in [6.07, 6.45) is 3.87. The molecule has 1 aliphatic rings. The van der Waals surface area contributed by atoms with Crippen molar-refractivity contribution in [3.8, 4) is 0 Å². The predicted molar refractivity (Wildman–Crippen MR) is 83.6 cm³/mol. The highest BCUT2D eigenvalue weighted by atomic mass is 32.1. The number of hydrogen-bond donors (Lipinski definition) is 1. The maximum Gasteiger partial charge on any atom is 0.0399 e. The van der Waals surface area contributed by atoms with Crippen molar-refractivity contribution in [1.82, 2.24) is 4.90 Å². The van der Waals surface area contributed by atoms with Gasteiger partial charge in [-0.05, 0) is 61.3 Å². The number of fused-ring (bicyclic) bond motifs is 1. The standard InChI is InChI=1S/C16H22N2S/c1-18-9-5-4-6-12(10-17)16(18)14-11-19-15-8-3-2-7-13(14)15/h2-3,7-8,11-12,16H,4-6,9-10,17H2,1H3. The fourth-order valence-electron chi connectivity index (χ4n) is 3.39. The van der Waals surface area contributed by atoms with E-state index in [0.29, 0.717) is 12.0 Å². The molecule has 1 aromatic carbocycles. The topological polar surface area (TPSA) is 29.3 Å². The quantitative estimate of drug-likeness (QED) is 0.906. The van der Waals surface area contributed by atoms with Gasteiger partial charge in [0.15, 0.2) is 0 Å². The van der Waals surface area contributed by atoms with E-state index >= 15 is 0 Å². The molecule has 2 heterocycles. The first-order chi connectivity index (χ1) is 9.31. The zero-order valence-electron chi connectivity index (χ0n) is 11.5. The molecule has 102 valence electrons. The Labute approximate surface area is 119 Å². The summed E-state index contributed by atoms with van der Waals surface area (Å²) in [4.78, 5) is 2.51. The lowest BCUT2D eigenvalue weighted by atomic mass is 9.89. The molecule has 3 heteroatoms. The fourth-order valence-corrected chi connectivity index (χ4v) is 4.38. The Morgan fingerprint density at radius 1 is 1.32 bits per heavy atom. The first-order valence-electron chi connectivity index (χ1n) is 7.17. The summed E-state index contributed by atoms with van der Waals surface area (Å²) in [5.41, 5.74) is 7.54. The first kappa shape index (κ1) is 13.1. The van der Waals surface area contributed by atoms with Gasteiger partial charge >= 0.3 is 0 Å². The molecule has 2 unspecified atom stereocenters. The van der Waals surface area contributed by atoms with E-state index in [0.717, 1.165) is 6.54 Å². The molecular weight excluding hydrogens is 252 g/mol. The first-order valence-corrected chi connectivity index (χ1v) is 8.05. The van der Waals surface area contributed by atoms with Crippen molar-refractivity contribution >= 4 is 21.4 Å². The van der Waals surface area contributed by atoms with Crippen LogP contribution in [-0.4, -0.2) is 25.0 Å². The number of thiophene rings is 1. The smallest absolute Gasteiger partial charge is 0.0399 e. The fraction of sp³-hybridized carbons (Fsp3) is 0.500. The molecule has 3 rings (SSSR count). The van der Waals surface area contributed by atoms with Gasteiger partial charge in [0, 0.05) is 10.7 Å². The van der Waals surface area contributed by atoms with Crippen molar-refractivity contribution < 1.29 is 0 Å². The van der Waals surface area contributed by atoms with Gasteiger partial charge in [0.05, 0.1) is 0 Å². The highest BCUT2D eigenvalue weighted by Crippen LogP contribution is 2.39. The number of hydrogen-bond acceptors (Lipinski definition) is 3. The van der Waals surface area contributed by atoms with E-state index in [1.54, 1.807) is 0 Å². The number of rotatable bonds is 2. The summed E-state index contributed by atoms with van der Waals surface area (Å²) in [7, 11) is 2.26. The highest BCUT2D eigenvalue weighted by Gasteiger charge is 2.29. The summed E-state index contributed by atoms with van der Waals surface area (Å²) in [6.45, 7) is 1.98. The lowest BCUT2D eigenvalue weighted by Crippen LogP contribution is -2.32. The van der Waals surface area contributed by atoms with E-state index in [1.165, 1.54) is 41.5 Å². The van der Waals surface area contributed by atoms with Gasteiger partial charge in [-0.15, -0.1) is 11.3 Å².